The Morgan fingerprint density at radius 3 is 2.56 bits per heavy atom. The van der Waals surface area contributed by atoms with Crippen LogP contribution >= 0.6 is 51.1 Å². The molecule has 0 saturated carbocycles. The van der Waals surface area contributed by atoms with Gasteiger partial charge >= 0.3 is 0 Å². The number of thioether (sulfide) groups is 1. The average molecular weight is 605 g/mol. The Hall–Kier alpha value is -3.12. The van der Waals surface area contributed by atoms with Gasteiger partial charge in [-0.2, -0.15) is 0 Å². The molecule has 0 aromatic heterocycles. The fourth-order valence-corrected chi connectivity index (χ4v) is 5.41. The van der Waals surface area contributed by atoms with Crippen molar-refractivity contribution in [2.24, 2.45) is 0 Å². The first-order chi connectivity index (χ1) is 17.2. The number of nitro benzene ring substituents is 1. The molecule has 1 heterocycles. The van der Waals surface area contributed by atoms with Gasteiger partial charge in [0.15, 0.2) is 0 Å². The van der Waals surface area contributed by atoms with Crippen molar-refractivity contribution in [1.82, 2.24) is 4.90 Å². The standard InChI is InChI=1S/C24H15BrClN3O5S2/c25-17-3-1-2-4-18(17)27-22(30)13-28-23(31)21(36-24(28)32)12-14-5-10-20(19(11-14)29(33)34)35-16-8-6-15(26)7-9-16/h1-12H,13H2,(H,27,30)/b21-12-. The first kappa shape index (κ1) is 26.0. The smallest absolute Gasteiger partial charge is 0.294 e. The molecule has 1 aliphatic heterocycles. The van der Waals surface area contributed by atoms with E-state index in [9.17, 15) is 24.5 Å². The third-order valence-electron chi connectivity index (χ3n) is 4.84. The summed E-state index contributed by atoms with van der Waals surface area (Å²) in [7, 11) is 0. The van der Waals surface area contributed by atoms with Crippen LogP contribution < -0.4 is 5.32 Å². The van der Waals surface area contributed by atoms with Crippen LogP contribution in [0.15, 0.2) is 85.9 Å². The van der Waals surface area contributed by atoms with Gasteiger partial charge in [-0.15, -0.1) is 0 Å². The number of amides is 3. The fourth-order valence-electron chi connectivity index (χ4n) is 3.17. The summed E-state index contributed by atoms with van der Waals surface area (Å²) in [6, 6.07) is 18.4. The van der Waals surface area contributed by atoms with E-state index >= 15 is 0 Å². The Balaban J connectivity index is 1.50. The van der Waals surface area contributed by atoms with Crippen LogP contribution in [0.1, 0.15) is 5.56 Å². The van der Waals surface area contributed by atoms with Gasteiger partial charge in [-0.25, -0.2) is 0 Å². The van der Waals surface area contributed by atoms with Crippen LogP contribution in [0.3, 0.4) is 0 Å². The van der Waals surface area contributed by atoms with Crippen LogP contribution in [0.5, 0.6) is 0 Å². The average Bonchev–Trinajstić information content (AvgIpc) is 3.10. The molecule has 0 unspecified atom stereocenters. The van der Waals surface area contributed by atoms with E-state index in [0.717, 1.165) is 9.80 Å². The van der Waals surface area contributed by atoms with Gasteiger partial charge in [-0.3, -0.25) is 29.4 Å². The molecule has 0 spiro atoms. The van der Waals surface area contributed by atoms with E-state index in [1.807, 2.05) is 0 Å². The minimum absolute atomic E-state index is 0.0705. The molecule has 0 atom stereocenters. The molecule has 3 aromatic rings. The number of halogens is 2. The van der Waals surface area contributed by atoms with Gasteiger partial charge in [0.25, 0.3) is 16.8 Å². The zero-order chi connectivity index (χ0) is 25.8. The van der Waals surface area contributed by atoms with Crippen molar-refractivity contribution in [3.63, 3.8) is 0 Å². The van der Waals surface area contributed by atoms with E-state index in [1.54, 1.807) is 60.7 Å². The minimum atomic E-state index is -0.644. The quantitative estimate of drug-likeness (QED) is 0.179. The number of nitrogens with one attached hydrogen (secondary N) is 1. The summed E-state index contributed by atoms with van der Waals surface area (Å²) in [5.41, 5.74) is 0.745. The van der Waals surface area contributed by atoms with Crippen LogP contribution in [0.2, 0.25) is 5.02 Å². The molecule has 1 fully saturated rings. The number of imide groups is 1. The summed E-state index contributed by atoms with van der Waals surface area (Å²) in [4.78, 5) is 50.9. The van der Waals surface area contributed by atoms with Crippen LogP contribution in [0.4, 0.5) is 16.2 Å². The van der Waals surface area contributed by atoms with Gasteiger partial charge in [0, 0.05) is 20.5 Å². The highest BCUT2D eigenvalue weighted by molar-refractivity contribution is 9.10. The second-order valence-corrected chi connectivity index (χ2v) is 10.7. The maximum Gasteiger partial charge on any atom is 0.294 e. The maximum absolute atomic E-state index is 12.8. The molecule has 36 heavy (non-hydrogen) atoms. The molecule has 0 aliphatic carbocycles. The Labute approximate surface area is 227 Å². The highest BCUT2D eigenvalue weighted by Gasteiger charge is 2.36. The highest BCUT2D eigenvalue weighted by Crippen LogP contribution is 2.37. The SMILES string of the molecule is O=C(CN1C(=O)S/C(=C\c2ccc(Sc3ccc(Cl)cc3)c([N+](=O)[O-])c2)C1=O)Nc1ccccc1Br. The number of para-hydroxylation sites is 1. The zero-order valence-corrected chi connectivity index (χ0v) is 22.1. The molecule has 12 heteroatoms. The largest absolute Gasteiger partial charge is 0.324 e. The number of carbonyl (C=O) groups excluding carboxylic acids is 3. The lowest BCUT2D eigenvalue weighted by molar-refractivity contribution is -0.387. The second kappa shape index (κ2) is 11.3. The summed E-state index contributed by atoms with van der Waals surface area (Å²) in [6.07, 6.45) is 1.40. The Kier molecular flexibility index (Phi) is 8.14. The van der Waals surface area contributed by atoms with Crippen LogP contribution in [0, 0.1) is 10.1 Å². The molecule has 3 amide bonds. The number of nitrogens with zero attached hydrogens (tertiary/aromatic N) is 2. The monoisotopic (exact) mass is 603 g/mol. The molecule has 0 bridgehead atoms. The van der Waals surface area contributed by atoms with E-state index in [1.165, 1.54) is 23.9 Å². The number of anilines is 1. The van der Waals surface area contributed by atoms with Crippen LogP contribution in [-0.2, 0) is 9.59 Å². The summed E-state index contributed by atoms with van der Waals surface area (Å²) in [5, 5.41) is 14.3. The van der Waals surface area contributed by atoms with Crippen molar-refractivity contribution in [2.75, 3.05) is 11.9 Å². The van der Waals surface area contributed by atoms with Gasteiger partial charge in [-0.05, 0) is 81.8 Å². The Morgan fingerprint density at radius 1 is 1.14 bits per heavy atom. The topological polar surface area (TPSA) is 110 Å². The van der Waals surface area contributed by atoms with Crippen molar-refractivity contribution < 1.29 is 19.3 Å². The fraction of sp³-hybridized carbons (Fsp3) is 0.0417. The number of hydrogen-bond acceptors (Lipinski definition) is 7. The molecule has 4 rings (SSSR count). The third-order valence-corrected chi connectivity index (χ3v) is 7.77. The summed E-state index contributed by atoms with van der Waals surface area (Å²) >= 11 is 11.1. The molecular formula is C24H15BrClN3O5S2. The van der Waals surface area contributed by atoms with Crippen molar-refractivity contribution >= 4 is 85.6 Å². The van der Waals surface area contributed by atoms with Crippen molar-refractivity contribution in [3.05, 3.63) is 96.8 Å². The number of carbonyl (C=O) groups is 3. The predicted molar refractivity (Wildman–Crippen MR) is 144 cm³/mol. The predicted octanol–water partition coefficient (Wildman–Crippen LogP) is 6.84. The number of rotatable bonds is 7. The first-order valence-corrected chi connectivity index (χ1v) is 13.0. The molecule has 0 radical (unpaired) electrons. The minimum Gasteiger partial charge on any atom is -0.324 e. The summed E-state index contributed by atoms with van der Waals surface area (Å²) in [5.74, 6) is -1.18. The number of benzene rings is 3. The van der Waals surface area contributed by atoms with E-state index in [2.05, 4.69) is 21.2 Å². The van der Waals surface area contributed by atoms with Crippen molar-refractivity contribution in [1.29, 1.82) is 0 Å². The van der Waals surface area contributed by atoms with E-state index < -0.39 is 28.5 Å². The van der Waals surface area contributed by atoms with Gasteiger partial charge in [-0.1, -0.05) is 41.6 Å². The van der Waals surface area contributed by atoms with Gasteiger partial charge in [0.05, 0.1) is 20.4 Å². The van der Waals surface area contributed by atoms with Gasteiger partial charge < -0.3 is 5.32 Å². The van der Waals surface area contributed by atoms with Crippen LogP contribution in [-0.4, -0.2) is 33.4 Å². The number of hydrogen-bond donors (Lipinski definition) is 1. The van der Waals surface area contributed by atoms with E-state index in [4.69, 9.17) is 11.6 Å². The molecule has 3 aromatic carbocycles. The lowest BCUT2D eigenvalue weighted by Gasteiger charge is -2.13. The van der Waals surface area contributed by atoms with Crippen LogP contribution in [0.25, 0.3) is 6.08 Å². The van der Waals surface area contributed by atoms with E-state index in [-0.39, 0.29) is 10.6 Å². The lowest BCUT2D eigenvalue weighted by atomic mass is 10.2. The number of nitro groups is 1. The third kappa shape index (κ3) is 6.16. The lowest BCUT2D eigenvalue weighted by Crippen LogP contribution is -2.36. The normalized spacial score (nSPS) is 14.4. The summed E-state index contributed by atoms with van der Waals surface area (Å²) < 4.78 is 0.659. The summed E-state index contributed by atoms with van der Waals surface area (Å²) in [6.45, 7) is -0.458. The molecule has 8 nitrogen and oxygen atoms in total. The molecule has 1 saturated heterocycles. The maximum atomic E-state index is 12.8. The Bertz CT molecular complexity index is 1420. The molecule has 1 N–H and O–H groups in total. The molecular weight excluding hydrogens is 590 g/mol. The molecule has 182 valence electrons. The Morgan fingerprint density at radius 2 is 1.86 bits per heavy atom. The second-order valence-electron chi connectivity index (χ2n) is 7.34. The highest BCUT2D eigenvalue weighted by atomic mass is 79.9. The molecule has 1 aliphatic rings. The van der Waals surface area contributed by atoms with Gasteiger partial charge in [0.2, 0.25) is 5.91 Å². The van der Waals surface area contributed by atoms with E-state index in [0.29, 0.717) is 37.4 Å². The van der Waals surface area contributed by atoms with Gasteiger partial charge in [0.1, 0.15) is 6.54 Å². The van der Waals surface area contributed by atoms with Crippen molar-refractivity contribution in [3.8, 4) is 0 Å². The van der Waals surface area contributed by atoms with Crippen molar-refractivity contribution in [2.45, 2.75) is 9.79 Å². The zero-order valence-electron chi connectivity index (χ0n) is 18.1. The first-order valence-electron chi connectivity index (χ1n) is 10.2.